The summed E-state index contributed by atoms with van der Waals surface area (Å²) in [4.78, 5) is 6.45. The molecule has 2 nitrogen and oxygen atoms in total. The van der Waals surface area contributed by atoms with Gasteiger partial charge in [0.2, 0.25) is 0 Å². The molecule has 0 aliphatic heterocycles. The van der Waals surface area contributed by atoms with Crippen molar-refractivity contribution in [3.63, 3.8) is 0 Å². The van der Waals surface area contributed by atoms with Gasteiger partial charge in [-0.05, 0) is 30.4 Å². The lowest BCUT2D eigenvalue weighted by atomic mass is 10.3. The molecule has 1 aromatic rings. The Bertz CT molecular complexity index is 327. The van der Waals surface area contributed by atoms with E-state index in [1.54, 1.807) is 6.07 Å². The maximum absolute atomic E-state index is 5.83. The molecule has 2 unspecified atom stereocenters. The molecule has 14 heavy (non-hydrogen) atoms. The van der Waals surface area contributed by atoms with E-state index in [9.17, 15) is 0 Å². The molecule has 0 spiro atoms. The molecule has 1 aliphatic carbocycles. The monoisotopic (exact) mass is 210 g/mol. The molecule has 2 rings (SSSR count). The molecule has 76 valence electrons. The Morgan fingerprint density at radius 3 is 2.86 bits per heavy atom. The molecule has 3 heteroatoms. The minimum Gasteiger partial charge on any atom is -0.359 e. The standard InChI is InChI=1S/C11H15ClN2/c1-8-6-9(8)7-14(2)11-5-3-4-10(12)13-11/h3-5,8-9H,6-7H2,1-2H3. The number of hydrogen-bond acceptors (Lipinski definition) is 2. The molecule has 1 fully saturated rings. The lowest BCUT2D eigenvalue weighted by molar-refractivity contribution is 0.719. The number of hydrogen-bond donors (Lipinski definition) is 0. The van der Waals surface area contributed by atoms with Crippen molar-refractivity contribution in [2.75, 3.05) is 18.5 Å². The second kappa shape index (κ2) is 3.77. The maximum Gasteiger partial charge on any atom is 0.131 e. The average molecular weight is 211 g/mol. The molecule has 0 aromatic carbocycles. The van der Waals surface area contributed by atoms with Crippen LogP contribution in [0.4, 0.5) is 5.82 Å². The SMILES string of the molecule is CC1CC1CN(C)c1cccc(Cl)n1. The summed E-state index contributed by atoms with van der Waals surface area (Å²) in [6.45, 7) is 3.39. The van der Waals surface area contributed by atoms with E-state index in [0.717, 1.165) is 24.2 Å². The van der Waals surface area contributed by atoms with Crippen molar-refractivity contribution in [2.45, 2.75) is 13.3 Å². The first-order valence-electron chi connectivity index (χ1n) is 5.00. The molecule has 0 bridgehead atoms. The van der Waals surface area contributed by atoms with Gasteiger partial charge in [0.25, 0.3) is 0 Å². The van der Waals surface area contributed by atoms with Crippen molar-refractivity contribution < 1.29 is 0 Å². The Kier molecular flexibility index (Phi) is 2.64. The first-order chi connectivity index (χ1) is 6.66. The topological polar surface area (TPSA) is 16.1 Å². The van der Waals surface area contributed by atoms with E-state index in [4.69, 9.17) is 11.6 Å². The summed E-state index contributed by atoms with van der Waals surface area (Å²) in [6.07, 6.45) is 1.35. The highest BCUT2D eigenvalue weighted by molar-refractivity contribution is 6.29. The van der Waals surface area contributed by atoms with Gasteiger partial charge < -0.3 is 4.90 Å². The third-order valence-corrected chi connectivity index (χ3v) is 3.09. The Morgan fingerprint density at radius 2 is 2.29 bits per heavy atom. The molecule has 0 radical (unpaired) electrons. The number of nitrogens with zero attached hydrogens (tertiary/aromatic N) is 2. The van der Waals surface area contributed by atoms with Crippen molar-refractivity contribution in [3.05, 3.63) is 23.4 Å². The van der Waals surface area contributed by atoms with Gasteiger partial charge in [0.05, 0.1) is 0 Å². The van der Waals surface area contributed by atoms with Crippen molar-refractivity contribution in [1.82, 2.24) is 4.98 Å². The van der Waals surface area contributed by atoms with Crippen molar-refractivity contribution in [1.29, 1.82) is 0 Å². The fourth-order valence-corrected chi connectivity index (χ4v) is 1.87. The van der Waals surface area contributed by atoms with Crippen LogP contribution in [-0.2, 0) is 0 Å². The van der Waals surface area contributed by atoms with Gasteiger partial charge in [-0.3, -0.25) is 0 Å². The molecular formula is C11H15ClN2. The van der Waals surface area contributed by atoms with Crippen LogP contribution in [0.15, 0.2) is 18.2 Å². The summed E-state index contributed by atoms with van der Waals surface area (Å²) < 4.78 is 0. The lowest BCUT2D eigenvalue weighted by Gasteiger charge is -2.17. The van der Waals surface area contributed by atoms with Crippen LogP contribution in [0.1, 0.15) is 13.3 Å². The zero-order chi connectivity index (χ0) is 10.1. The summed E-state index contributed by atoms with van der Waals surface area (Å²) in [5.74, 6) is 2.70. The summed E-state index contributed by atoms with van der Waals surface area (Å²) in [6, 6.07) is 5.75. The van der Waals surface area contributed by atoms with E-state index in [2.05, 4.69) is 23.9 Å². The predicted octanol–water partition coefficient (Wildman–Crippen LogP) is 2.83. The molecule has 0 saturated heterocycles. The first-order valence-corrected chi connectivity index (χ1v) is 5.38. The number of halogens is 1. The number of anilines is 1. The van der Waals surface area contributed by atoms with Crippen LogP contribution < -0.4 is 4.90 Å². The molecule has 1 aliphatic rings. The number of pyridine rings is 1. The van der Waals surface area contributed by atoms with Crippen LogP contribution in [0.3, 0.4) is 0 Å². The van der Waals surface area contributed by atoms with Crippen molar-refractivity contribution >= 4 is 17.4 Å². The van der Waals surface area contributed by atoms with E-state index >= 15 is 0 Å². The Labute approximate surface area is 89.9 Å². The Morgan fingerprint density at radius 1 is 1.57 bits per heavy atom. The van der Waals surface area contributed by atoms with E-state index in [1.165, 1.54) is 6.42 Å². The summed E-state index contributed by atoms with van der Waals surface area (Å²) in [7, 11) is 2.07. The van der Waals surface area contributed by atoms with Crippen LogP contribution in [0.5, 0.6) is 0 Å². The van der Waals surface area contributed by atoms with Gasteiger partial charge in [0, 0.05) is 13.6 Å². The Balaban J connectivity index is 2.00. The van der Waals surface area contributed by atoms with E-state index in [0.29, 0.717) is 5.15 Å². The van der Waals surface area contributed by atoms with Crippen LogP contribution in [0.25, 0.3) is 0 Å². The maximum atomic E-state index is 5.83. The first kappa shape index (κ1) is 9.78. The van der Waals surface area contributed by atoms with E-state index in [1.807, 2.05) is 12.1 Å². The third kappa shape index (κ3) is 2.18. The zero-order valence-corrected chi connectivity index (χ0v) is 9.33. The van der Waals surface area contributed by atoms with Gasteiger partial charge >= 0.3 is 0 Å². The summed E-state index contributed by atoms with van der Waals surface area (Å²) in [5, 5.41) is 0.568. The fraction of sp³-hybridized carbons (Fsp3) is 0.545. The van der Waals surface area contributed by atoms with Gasteiger partial charge in [0.15, 0.2) is 0 Å². The molecule has 0 amide bonds. The molecule has 1 heterocycles. The fourth-order valence-electron chi connectivity index (χ4n) is 1.71. The van der Waals surface area contributed by atoms with Crippen LogP contribution in [0, 0.1) is 11.8 Å². The van der Waals surface area contributed by atoms with Crippen molar-refractivity contribution in [2.24, 2.45) is 11.8 Å². The molecule has 0 N–H and O–H groups in total. The molecule has 1 aromatic heterocycles. The molecule has 1 saturated carbocycles. The Hall–Kier alpha value is -0.760. The smallest absolute Gasteiger partial charge is 0.131 e. The third-order valence-electron chi connectivity index (χ3n) is 2.88. The predicted molar refractivity (Wildman–Crippen MR) is 59.8 cm³/mol. The van der Waals surface area contributed by atoms with Gasteiger partial charge in [-0.15, -0.1) is 0 Å². The average Bonchev–Trinajstić information content (AvgIpc) is 2.81. The minimum atomic E-state index is 0.568. The second-order valence-electron chi connectivity index (χ2n) is 4.17. The van der Waals surface area contributed by atoms with Crippen molar-refractivity contribution in [3.8, 4) is 0 Å². The van der Waals surface area contributed by atoms with Crippen LogP contribution >= 0.6 is 11.6 Å². The van der Waals surface area contributed by atoms with E-state index in [-0.39, 0.29) is 0 Å². The number of rotatable bonds is 3. The highest BCUT2D eigenvalue weighted by atomic mass is 35.5. The molecular weight excluding hydrogens is 196 g/mol. The summed E-state index contributed by atoms with van der Waals surface area (Å²) in [5.41, 5.74) is 0. The van der Waals surface area contributed by atoms with Gasteiger partial charge in [-0.2, -0.15) is 0 Å². The quantitative estimate of drug-likeness (QED) is 0.714. The van der Waals surface area contributed by atoms with Crippen LogP contribution in [-0.4, -0.2) is 18.6 Å². The van der Waals surface area contributed by atoms with Crippen LogP contribution in [0.2, 0.25) is 5.15 Å². The normalized spacial score (nSPS) is 24.8. The zero-order valence-electron chi connectivity index (χ0n) is 8.57. The largest absolute Gasteiger partial charge is 0.359 e. The lowest BCUT2D eigenvalue weighted by Crippen LogP contribution is -2.21. The highest BCUT2D eigenvalue weighted by Gasteiger charge is 2.33. The highest BCUT2D eigenvalue weighted by Crippen LogP contribution is 2.38. The summed E-state index contributed by atoms with van der Waals surface area (Å²) >= 11 is 5.83. The van der Waals surface area contributed by atoms with Gasteiger partial charge in [0.1, 0.15) is 11.0 Å². The molecule has 2 atom stereocenters. The second-order valence-corrected chi connectivity index (χ2v) is 4.56. The van der Waals surface area contributed by atoms with Gasteiger partial charge in [-0.25, -0.2) is 4.98 Å². The minimum absolute atomic E-state index is 0.568. The number of aromatic nitrogens is 1. The van der Waals surface area contributed by atoms with E-state index < -0.39 is 0 Å². The van der Waals surface area contributed by atoms with Gasteiger partial charge in [-0.1, -0.05) is 24.6 Å².